The monoisotopic (exact) mass is 232 g/mol. The molecule has 1 heterocycles. The molecule has 0 aromatic heterocycles. The summed E-state index contributed by atoms with van der Waals surface area (Å²) in [5.74, 6) is 0. The molecule has 1 fully saturated rings. The van der Waals surface area contributed by atoms with E-state index in [1.165, 1.54) is 38.9 Å². The molecule has 15 heavy (non-hydrogen) atoms. The minimum atomic E-state index is 0.0482. The van der Waals surface area contributed by atoms with Crippen LogP contribution in [0.4, 0.5) is 0 Å². The smallest absolute Gasteiger partial charge is 0.0484 e. The summed E-state index contributed by atoms with van der Waals surface area (Å²) in [6.45, 7) is 11.3. The van der Waals surface area contributed by atoms with Crippen LogP contribution in [-0.2, 0) is 0 Å². The molecule has 0 aromatic carbocycles. The molecule has 0 saturated carbocycles. The first-order valence-corrected chi connectivity index (χ1v) is 6.57. The van der Waals surface area contributed by atoms with E-state index in [4.69, 9.17) is 11.6 Å². The largest absolute Gasteiger partial charge is 0.310 e. The molecule has 1 unspecified atom stereocenters. The van der Waals surface area contributed by atoms with Crippen LogP contribution in [0.15, 0.2) is 0 Å². The second kappa shape index (κ2) is 6.07. The maximum absolute atomic E-state index is 6.10. The van der Waals surface area contributed by atoms with Crippen molar-refractivity contribution in [3.63, 3.8) is 0 Å². The van der Waals surface area contributed by atoms with E-state index in [1.807, 2.05) is 0 Å². The van der Waals surface area contributed by atoms with Crippen LogP contribution in [0.5, 0.6) is 0 Å². The lowest BCUT2D eigenvalue weighted by molar-refractivity contribution is 0.313. The molecule has 0 aromatic rings. The molecule has 90 valence electrons. The van der Waals surface area contributed by atoms with Crippen molar-refractivity contribution in [1.29, 1.82) is 0 Å². The molecule has 1 saturated heterocycles. The molecule has 0 aliphatic carbocycles. The van der Waals surface area contributed by atoms with E-state index in [0.717, 1.165) is 6.54 Å². The topological polar surface area (TPSA) is 15.3 Å². The maximum Gasteiger partial charge on any atom is 0.0484 e. The van der Waals surface area contributed by atoms with E-state index in [1.54, 1.807) is 0 Å². The van der Waals surface area contributed by atoms with Gasteiger partial charge in [-0.2, -0.15) is 0 Å². The maximum atomic E-state index is 6.10. The number of likely N-dealkylation sites (tertiary alicyclic amines) is 1. The first-order chi connectivity index (χ1) is 7.02. The predicted molar refractivity (Wildman–Crippen MR) is 67.7 cm³/mol. The number of alkyl halides is 1. The number of halogens is 1. The Morgan fingerprint density at radius 1 is 1.33 bits per heavy atom. The van der Waals surface area contributed by atoms with Gasteiger partial charge in [0.05, 0.1) is 0 Å². The highest BCUT2D eigenvalue weighted by Gasteiger charge is 2.22. The quantitative estimate of drug-likeness (QED) is 0.559. The molecule has 3 heteroatoms. The van der Waals surface area contributed by atoms with Crippen molar-refractivity contribution >= 4 is 11.6 Å². The minimum Gasteiger partial charge on any atom is -0.310 e. The Labute approximate surface area is 99.4 Å². The fourth-order valence-electron chi connectivity index (χ4n) is 1.86. The summed E-state index contributed by atoms with van der Waals surface area (Å²) >= 11 is 6.10. The first kappa shape index (κ1) is 13.3. The lowest BCUT2D eigenvalue weighted by Gasteiger charge is -2.29. The average molecular weight is 233 g/mol. The van der Waals surface area contributed by atoms with Crippen LogP contribution in [0.1, 0.15) is 40.0 Å². The van der Waals surface area contributed by atoms with Crippen molar-refractivity contribution in [2.75, 3.05) is 26.2 Å². The number of nitrogens with one attached hydrogen (secondary N) is 1. The van der Waals surface area contributed by atoms with Gasteiger partial charge in [-0.25, -0.2) is 0 Å². The van der Waals surface area contributed by atoms with Gasteiger partial charge >= 0.3 is 0 Å². The van der Waals surface area contributed by atoms with E-state index in [2.05, 4.69) is 31.0 Å². The van der Waals surface area contributed by atoms with E-state index in [0.29, 0.717) is 0 Å². The summed E-state index contributed by atoms with van der Waals surface area (Å²) in [5.41, 5.74) is 0.0482. The van der Waals surface area contributed by atoms with E-state index >= 15 is 0 Å². The molecular weight excluding hydrogens is 208 g/mol. The standard InChI is InChI=1S/C12H25ClN2/c1-11(13)12(2,3)14-7-6-10-15-8-4-5-9-15/h11,14H,4-10H2,1-3H3. The molecule has 1 N–H and O–H groups in total. The minimum absolute atomic E-state index is 0.0482. The Bertz CT molecular complexity index is 174. The molecule has 0 radical (unpaired) electrons. The summed E-state index contributed by atoms with van der Waals surface area (Å²) in [6, 6.07) is 0. The van der Waals surface area contributed by atoms with Gasteiger partial charge in [0.1, 0.15) is 0 Å². The van der Waals surface area contributed by atoms with Crippen LogP contribution in [-0.4, -0.2) is 42.0 Å². The Morgan fingerprint density at radius 3 is 2.47 bits per heavy atom. The predicted octanol–water partition coefficient (Wildman–Crippen LogP) is 2.47. The Hall–Kier alpha value is 0.210. The zero-order valence-corrected chi connectivity index (χ0v) is 11.1. The molecule has 1 aliphatic heterocycles. The fourth-order valence-corrected chi connectivity index (χ4v) is 1.94. The highest BCUT2D eigenvalue weighted by molar-refractivity contribution is 6.21. The SMILES string of the molecule is CC(Cl)C(C)(C)NCCCN1CCCC1. The van der Waals surface area contributed by atoms with Crippen molar-refractivity contribution in [2.45, 2.75) is 50.9 Å². The first-order valence-electron chi connectivity index (χ1n) is 6.14. The van der Waals surface area contributed by atoms with E-state index in [-0.39, 0.29) is 10.9 Å². The summed E-state index contributed by atoms with van der Waals surface area (Å²) in [7, 11) is 0. The number of hydrogen-bond acceptors (Lipinski definition) is 2. The third kappa shape index (κ3) is 4.71. The van der Waals surface area contributed by atoms with Gasteiger partial charge < -0.3 is 10.2 Å². The van der Waals surface area contributed by atoms with E-state index < -0.39 is 0 Å². The normalized spacial score (nSPS) is 20.8. The number of nitrogens with zero attached hydrogens (tertiary/aromatic N) is 1. The zero-order valence-electron chi connectivity index (χ0n) is 10.4. The van der Waals surface area contributed by atoms with Gasteiger partial charge in [-0.1, -0.05) is 0 Å². The highest BCUT2D eigenvalue weighted by atomic mass is 35.5. The van der Waals surface area contributed by atoms with Gasteiger partial charge in [-0.15, -0.1) is 11.6 Å². The van der Waals surface area contributed by atoms with Crippen LogP contribution in [0, 0.1) is 0 Å². The lowest BCUT2D eigenvalue weighted by Crippen LogP contribution is -2.46. The average Bonchev–Trinajstić information content (AvgIpc) is 2.64. The third-order valence-electron chi connectivity index (χ3n) is 3.42. The second-order valence-electron chi connectivity index (χ2n) is 5.17. The Morgan fingerprint density at radius 2 is 1.93 bits per heavy atom. The van der Waals surface area contributed by atoms with Crippen molar-refractivity contribution in [2.24, 2.45) is 0 Å². The molecule has 0 amide bonds. The second-order valence-corrected chi connectivity index (χ2v) is 5.82. The molecule has 1 atom stereocenters. The highest BCUT2D eigenvalue weighted by Crippen LogP contribution is 2.14. The summed E-state index contributed by atoms with van der Waals surface area (Å²) in [6.07, 6.45) is 4.00. The van der Waals surface area contributed by atoms with Crippen molar-refractivity contribution < 1.29 is 0 Å². The molecule has 2 nitrogen and oxygen atoms in total. The summed E-state index contributed by atoms with van der Waals surface area (Å²) < 4.78 is 0. The van der Waals surface area contributed by atoms with Crippen molar-refractivity contribution in [3.05, 3.63) is 0 Å². The lowest BCUT2D eigenvalue weighted by atomic mass is 10.0. The van der Waals surface area contributed by atoms with Gasteiger partial charge in [0.25, 0.3) is 0 Å². The molecule has 1 aliphatic rings. The Kier molecular flexibility index (Phi) is 5.37. The van der Waals surface area contributed by atoms with Gasteiger partial charge in [-0.3, -0.25) is 0 Å². The van der Waals surface area contributed by atoms with Gasteiger partial charge in [0, 0.05) is 10.9 Å². The molecular formula is C12H25ClN2. The van der Waals surface area contributed by atoms with Crippen LogP contribution in [0.3, 0.4) is 0 Å². The van der Waals surface area contributed by atoms with Crippen molar-refractivity contribution in [1.82, 2.24) is 10.2 Å². The third-order valence-corrected chi connectivity index (χ3v) is 3.97. The van der Waals surface area contributed by atoms with Gasteiger partial charge in [0.2, 0.25) is 0 Å². The summed E-state index contributed by atoms with van der Waals surface area (Å²) in [4.78, 5) is 2.55. The van der Waals surface area contributed by atoms with Gasteiger partial charge in [-0.05, 0) is 66.2 Å². The van der Waals surface area contributed by atoms with Crippen LogP contribution < -0.4 is 5.32 Å². The van der Waals surface area contributed by atoms with Gasteiger partial charge in [0.15, 0.2) is 0 Å². The molecule has 0 spiro atoms. The molecule has 1 rings (SSSR count). The zero-order chi connectivity index (χ0) is 11.3. The van der Waals surface area contributed by atoms with E-state index in [9.17, 15) is 0 Å². The van der Waals surface area contributed by atoms with Crippen LogP contribution in [0.25, 0.3) is 0 Å². The molecule has 0 bridgehead atoms. The fraction of sp³-hybridized carbons (Fsp3) is 1.00. The number of rotatable bonds is 6. The number of hydrogen-bond donors (Lipinski definition) is 1. The van der Waals surface area contributed by atoms with Crippen molar-refractivity contribution in [3.8, 4) is 0 Å². The van der Waals surface area contributed by atoms with Crippen LogP contribution >= 0.6 is 11.6 Å². The van der Waals surface area contributed by atoms with Crippen LogP contribution in [0.2, 0.25) is 0 Å². The Balaban J connectivity index is 2.05. The summed E-state index contributed by atoms with van der Waals surface area (Å²) in [5, 5.41) is 3.69.